The molecule has 0 aromatic heterocycles. The molecule has 3 nitrogen and oxygen atoms in total. The molecule has 0 radical (unpaired) electrons. The quantitative estimate of drug-likeness (QED) is 0.763. The van der Waals surface area contributed by atoms with E-state index < -0.39 is 0 Å². The van der Waals surface area contributed by atoms with E-state index in [1.54, 1.807) is 0 Å². The third kappa shape index (κ3) is 2.31. The zero-order valence-corrected chi connectivity index (χ0v) is 9.20. The fourth-order valence-electron chi connectivity index (χ4n) is 2.68. The smallest absolute Gasteiger partial charge is 0.224 e. The fourth-order valence-corrected chi connectivity index (χ4v) is 2.68. The van der Waals surface area contributed by atoms with E-state index in [2.05, 4.69) is 11.4 Å². The van der Waals surface area contributed by atoms with Crippen LogP contribution >= 0.6 is 0 Å². The minimum Gasteiger partial charge on any atom is -0.340 e. The highest BCUT2D eigenvalue weighted by molar-refractivity contribution is 5.79. The third-order valence-electron chi connectivity index (χ3n) is 3.66. The number of nitrogens with zero attached hydrogens (tertiary/aromatic N) is 1. The number of carbonyl (C=O) groups excluding carboxylic acids is 1. The Bertz CT molecular complexity index is 284. The Hall–Kier alpha value is -1.04. The Morgan fingerprint density at radius 1 is 1.47 bits per heavy atom. The van der Waals surface area contributed by atoms with E-state index in [1.807, 2.05) is 6.92 Å². The second-order valence-electron chi connectivity index (χ2n) is 4.90. The van der Waals surface area contributed by atoms with Crippen LogP contribution in [0.1, 0.15) is 39.0 Å². The van der Waals surface area contributed by atoms with Crippen molar-refractivity contribution in [2.45, 2.75) is 45.1 Å². The van der Waals surface area contributed by atoms with Crippen molar-refractivity contribution in [2.75, 3.05) is 0 Å². The van der Waals surface area contributed by atoms with Crippen molar-refractivity contribution in [3.63, 3.8) is 0 Å². The van der Waals surface area contributed by atoms with Crippen LogP contribution in [0.2, 0.25) is 0 Å². The van der Waals surface area contributed by atoms with Gasteiger partial charge in [-0.2, -0.15) is 5.26 Å². The first-order valence-electron chi connectivity index (χ1n) is 5.94. The SMILES string of the molecule is CCCC(C#N)NC(=O)C1CC2CC2C1. The Balaban J connectivity index is 1.78. The molecule has 0 aromatic rings. The summed E-state index contributed by atoms with van der Waals surface area (Å²) in [6.45, 7) is 2.03. The van der Waals surface area contributed by atoms with Crippen molar-refractivity contribution >= 4 is 5.91 Å². The number of carbonyl (C=O) groups is 1. The van der Waals surface area contributed by atoms with Crippen LogP contribution in [0.5, 0.6) is 0 Å². The number of hydrogen-bond acceptors (Lipinski definition) is 2. The first-order chi connectivity index (χ1) is 7.24. The van der Waals surface area contributed by atoms with Gasteiger partial charge in [-0.3, -0.25) is 4.79 Å². The van der Waals surface area contributed by atoms with E-state index in [0.717, 1.165) is 37.5 Å². The van der Waals surface area contributed by atoms with Gasteiger partial charge in [-0.05, 0) is 37.5 Å². The van der Waals surface area contributed by atoms with Gasteiger partial charge in [-0.1, -0.05) is 13.3 Å². The zero-order valence-electron chi connectivity index (χ0n) is 9.20. The van der Waals surface area contributed by atoms with Gasteiger partial charge in [0.2, 0.25) is 5.91 Å². The maximum atomic E-state index is 11.8. The largest absolute Gasteiger partial charge is 0.340 e. The van der Waals surface area contributed by atoms with Crippen LogP contribution in [0.15, 0.2) is 0 Å². The molecular weight excluding hydrogens is 188 g/mol. The average Bonchev–Trinajstić information content (AvgIpc) is 2.85. The van der Waals surface area contributed by atoms with Gasteiger partial charge in [-0.25, -0.2) is 0 Å². The topological polar surface area (TPSA) is 52.9 Å². The van der Waals surface area contributed by atoms with Crippen LogP contribution in [-0.2, 0) is 4.79 Å². The Kier molecular flexibility index (Phi) is 2.95. The normalized spacial score (nSPS) is 34.0. The maximum Gasteiger partial charge on any atom is 0.224 e. The van der Waals surface area contributed by atoms with Gasteiger partial charge in [0.25, 0.3) is 0 Å². The van der Waals surface area contributed by atoms with E-state index in [-0.39, 0.29) is 17.9 Å². The van der Waals surface area contributed by atoms with Crippen molar-refractivity contribution in [3.05, 3.63) is 0 Å². The van der Waals surface area contributed by atoms with E-state index in [0.29, 0.717) is 0 Å². The lowest BCUT2D eigenvalue weighted by Crippen LogP contribution is -2.37. The second kappa shape index (κ2) is 4.22. The van der Waals surface area contributed by atoms with E-state index >= 15 is 0 Å². The van der Waals surface area contributed by atoms with Crippen LogP contribution in [-0.4, -0.2) is 11.9 Å². The minimum absolute atomic E-state index is 0.113. The lowest BCUT2D eigenvalue weighted by molar-refractivity contribution is -0.125. The predicted molar refractivity (Wildman–Crippen MR) is 56.8 cm³/mol. The molecule has 0 spiro atoms. The van der Waals surface area contributed by atoms with Crippen molar-refractivity contribution in [2.24, 2.45) is 17.8 Å². The van der Waals surface area contributed by atoms with Gasteiger partial charge in [0.15, 0.2) is 0 Å². The first kappa shape index (κ1) is 10.5. The highest BCUT2D eigenvalue weighted by Gasteiger charge is 2.48. The molecule has 82 valence electrons. The molecule has 2 rings (SSSR count). The van der Waals surface area contributed by atoms with Gasteiger partial charge in [0, 0.05) is 5.92 Å². The molecule has 1 amide bonds. The van der Waals surface area contributed by atoms with E-state index in [4.69, 9.17) is 5.26 Å². The molecule has 2 fully saturated rings. The van der Waals surface area contributed by atoms with Gasteiger partial charge in [0.1, 0.15) is 6.04 Å². The molecule has 3 atom stereocenters. The number of nitriles is 1. The molecule has 2 aliphatic carbocycles. The maximum absolute atomic E-state index is 11.8. The fraction of sp³-hybridized carbons (Fsp3) is 0.833. The van der Waals surface area contributed by atoms with Crippen LogP contribution in [0.4, 0.5) is 0 Å². The third-order valence-corrected chi connectivity index (χ3v) is 3.66. The van der Waals surface area contributed by atoms with Gasteiger partial charge < -0.3 is 5.32 Å². The number of hydrogen-bond donors (Lipinski definition) is 1. The summed E-state index contributed by atoms with van der Waals surface area (Å²) in [6.07, 6.45) is 5.15. The van der Waals surface area contributed by atoms with Crippen LogP contribution in [0.25, 0.3) is 0 Å². The van der Waals surface area contributed by atoms with Crippen LogP contribution < -0.4 is 5.32 Å². The molecule has 1 N–H and O–H groups in total. The Morgan fingerprint density at radius 2 is 2.13 bits per heavy atom. The molecule has 0 heterocycles. The number of nitrogens with one attached hydrogen (secondary N) is 1. The molecule has 15 heavy (non-hydrogen) atoms. The molecule has 2 saturated carbocycles. The zero-order chi connectivity index (χ0) is 10.8. The summed E-state index contributed by atoms with van der Waals surface area (Å²) in [6, 6.07) is 1.87. The summed E-state index contributed by atoms with van der Waals surface area (Å²) in [5.74, 6) is 1.96. The molecule has 0 aromatic carbocycles. The lowest BCUT2D eigenvalue weighted by atomic mass is 10.0. The summed E-state index contributed by atoms with van der Waals surface area (Å²) in [7, 11) is 0. The summed E-state index contributed by atoms with van der Waals surface area (Å²) in [5.41, 5.74) is 0. The molecule has 0 saturated heterocycles. The average molecular weight is 206 g/mol. The van der Waals surface area contributed by atoms with Crippen molar-refractivity contribution in [3.8, 4) is 6.07 Å². The number of rotatable bonds is 4. The molecule has 0 aliphatic heterocycles. The molecule has 0 bridgehead atoms. The van der Waals surface area contributed by atoms with Crippen LogP contribution in [0.3, 0.4) is 0 Å². The monoisotopic (exact) mass is 206 g/mol. The number of amides is 1. The molecule has 3 heteroatoms. The standard InChI is InChI=1S/C12H18N2O/c1-2-3-11(7-13)14-12(15)10-5-8-4-9(8)6-10/h8-11H,2-6H2,1H3,(H,14,15). The Labute approximate surface area is 90.8 Å². The van der Waals surface area contributed by atoms with Crippen molar-refractivity contribution < 1.29 is 4.79 Å². The summed E-state index contributed by atoms with van der Waals surface area (Å²) in [5, 5.41) is 11.7. The summed E-state index contributed by atoms with van der Waals surface area (Å²) in [4.78, 5) is 11.8. The van der Waals surface area contributed by atoms with E-state index in [1.165, 1.54) is 6.42 Å². The van der Waals surface area contributed by atoms with Crippen molar-refractivity contribution in [1.82, 2.24) is 5.32 Å². The molecule has 3 unspecified atom stereocenters. The summed E-state index contributed by atoms with van der Waals surface area (Å²) >= 11 is 0. The molecular formula is C12H18N2O. The van der Waals surface area contributed by atoms with E-state index in [9.17, 15) is 4.79 Å². The molecule has 2 aliphatic rings. The minimum atomic E-state index is -0.278. The number of fused-ring (bicyclic) bond motifs is 1. The Morgan fingerprint density at radius 3 is 2.67 bits per heavy atom. The lowest BCUT2D eigenvalue weighted by Gasteiger charge is -2.15. The second-order valence-corrected chi connectivity index (χ2v) is 4.90. The first-order valence-corrected chi connectivity index (χ1v) is 5.94. The van der Waals surface area contributed by atoms with Crippen LogP contribution in [0, 0.1) is 29.1 Å². The van der Waals surface area contributed by atoms with Gasteiger partial charge in [-0.15, -0.1) is 0 Å². The highest BCUT2D eigenvalue weighted by atomic mass is 16.1. The highest BCUT2D eigenvalue weighted by Crippen LogP contribution is 2.54. The summed E-state index contributed by atoms with van der Waals surface area (Å²) < 4.78 is 0. The van der Waals surface area contributed by atoms with Gasteiger partial charge in [0.05, 0.1) is 6.07 Å². The van der Waals surface area contributed by atoms with Gasteiger partial charge >= 0.3 is 0 Å². The van der Waals surface area contributed by atoms with Crippen molar-refractivity contribution in [1.29, 1.82) is 5.26 Å². The predicted octanol–water partition coefficient (Wildman–Crippen LogP) is 1.84.